The molecular formula is C16H18N2O4S. The summed E-state index contributed by atoms with van der Waals surface area (Å²) in [6.45, 7) is 2.48. The smallest absolute Gasteiger partial charge is 0.254 e. The molecule has 1 fully saturated rings. The molecular weight excluding hydrogens is 316 g/mol. The topological polar surface area (TPSA) is 80.5 Å². The molecule has 3 rings (SSSR count). The molecule has 0 saturated carbocycles. The number of likely N-dealkylation sites (tertiary alicyclic amines) is 1. The summed E-state index contributed by atoms with van der Waals surface area (Å²) in [4.78, 5) is 14.7. The van der Waals surface area contributed by atoms with E-state index >= 15 is 0 Å². The highest BCUT2D eigenvalue weighted by molar-refractivity contribution is 7.90. The number of amides is 1. The number of carbonyl (C=O) groups is 1. The molecule has 1 atom stereocenters. The van der Waals surface area contributed by atoms with E-state index in [1.165, 1.54) is 12.1 Å². The largest absolute Gasteiger partial charge is 0.361 e. The highest BCUT2D eigenvalue weighted by atomic mass is 32.2. The van der Waals surface area contributed by atoms with Gasteiger partial charge in [-0.15, -0.1) is 0 Å². The third-order valence-corrected chi connectivity index (χ3v) is 5.16. The number of sulfone groups is 1. The summed E-state index contributed by atoms with van der Waals surface area (Å²) in [5, 5.41) is 4.02. The first-order chi connectivity index (χ1) is 10.9. The van der Waals surface area contributed by atoms with E-state index in [2.05, 4.69) is 5.16 Å². The molecule has 1 aromatic carbocycles. The Kier molecular flexibility index (Phi) is 3.97. The summed E-state index contributed by atoms with van der Waals surface area (Å²) in [5.74, 6) is 0.602. The Morgan fingerprint density at radius 2 is 2.00 bits per heavy atom. The Bertz CT molecular complexity index is 824. The molecule has 1 aliphatic rings. The van der Waals surface area contributed by atoms with Crippen LogP contribution in [0.2, 0.25) is 0 Å². The van der Waals surface area contributed by atoms with Gasteiger partial charge in [-0.3, -0.25) is 4.79 Å². The van der Waals surface area contributed by atoms with Crippen molar-refractivity contribution in [2.45, 2.75) is 30.7 Å². The van der Waals surface area contributed by atoms with E-state index < -0.39 is 9.84 Å². The molecule has 2 heterocycles. The molecule has 0 unspecified atom stereocenters. The van der Waals surface area contributed by atoms with Crippen LogP contribution in [0.5, 0.6) is 0 Å². The van der Waals surface area contributed by atoms with Crippen LogP contribution >= 0.6 is 0 Å². The van der Waals surface area contributed by atoms with Crippen molar-refractivity contribution in [2.75, 3.05) is 12.8 Å². The second kappa shape index (κ2) is 5.81. The van der Waals surface area contributed by atoms with E-state index in [-0.39, 0.29) is 16.8 Å². The predicted octanol–water partition coefficient (Wildman–Crippen LogP) is 2.36. The number of rotatable bonds is 3. The number of aryl methyl sites for hydroxylation is 1. The normalized spacial score (nSPS) is 18.3. The Morgan fingerprint density at radius 1 is 1.30 bits per heavy atom. The molecule has 0 radical (unpaired) electrons. The van der Waals surface area contributed by atoms with E-state index in [1.807, 2.05) is 13.0 Å². The van der Waals surface area contributed by atoms with Crippen molar-refractivity contribution in [1.29, 1.82) is 0 Å². The molecule has 1 aliphatic heterocycles. The zero-order valence-corrected chi connectivity index (χ0v) is 13.8. The van der Waals surface area contributed by atoms with Gasteiger partial charge in [0, 0.05) is 24.4 Å². The third kappa shape index (κ3) is 3.14. The van der Waals surface area contributed by atoms with Crippen LogP contribution in [-0.4, -0.2) is 37.2 Å². The van der Waals surface area contributed by atoms with E-state index in [0.29, 0.717) is 12.1 Å². The van der Waals surface area contributed by atoms with Gasteiger partial charge >= 0.3 is 0 Å². The van der Waals surface area contributed by atoms with Gasteiger partial charge in [-0.2, -0.15) is 0 Å². The van der Waals surface area contributed by atoms with Crippen LogP contribution in [0.25, 0.3) is 0 Å². The van der Waals surface area contributed by atoms with Crippen LogP contribution in [0.3, 0.4) is 0 Å². The predicted molar refractivity (Wildman–Crippen MR) is 83.8 cm³/mol. The molecule has 2 aromatic rings. The number of carbonyl (C=O) groups excluding carboxylic acids is 1. The average molecular weight is 334 g/mol. The highest BCUT2D eigenvalue weighted by Gasteiger charge is 2.32. The Labute approximate surface area is 135 Å². The summed E-state index contributed by atoms with van der Waals surface area (Å²) in [6, 6.07) is 7.81. The summed E-state index contributed by atoms with van der Waals surface area (Å²) in [7, 11) is -3.26. The van der Waals surface area contributed by atoms with Crippen LogP contribution < -0.4 is 0 Å². The molecule has 0 N–H and O–H groups in total. The molecule has 0 aliphatic carbocycles. The lowest BCUT2D eigenvalue weighted by Crippen LogP contribution is -2.30. The standard InChI is InChI=1S/C16H18N2O4S/c1-11-10-14(17-22-11)15-4-3-9-18(15)16(19)12-5-7-13(8-6-12)23(2,20)21/h5-8,10,15H,3-4,9H2,1-2H3/t15-/m0/s1. The van der Waals surface area contributed by atoms with E-state index in [9.17, 15) is 13.2 Å². The lowest BCUT2D eigenvalue weighted by molar-refractivity contribution is 0.0730. The lowest BCUT2D eigenvalue weighted by atomic mass is 10.1. The number of aromatic nitrogens is 1. The maximum Gasteiger partial charge on any atom is 0.254 e. The SMILES string of the molecule is Cc1cc([C@@H]2CCCN2C(=O)c2ccc(S(C)(=O)=O)cc2)no1. The number of hydrogen-bond acceptors (Lipinski definition) is 5. The second-order valence-electron chi connectivity index (χ2n) is 5.82. The van der Waals surface area contributed by atoms with Crippen LogP contribution in [0.1, 0.15) is 40.7 Å². The van der Waals surface area contributed by atoms with E-state index in [0.717, 1.165) is 30.6 Å². The van der Waals surface area contributed by atoms with Gasteiger partial charge in [0.05, 0.1) is 10.9 Å². The van der Waals surface area contributed by atoms with Gasteiger partial charge in [0.15, 0.2) is 9.84 Å². The number of benzene rings is 1. The van der Waals surface area contributed by atoms with Gasteiger partial charge in [-0.05, 0) is 44.0 Å². The van der Waals surface area contributed by atoms with Crippen molar-refractivity contribution in [3.05, 3.63) is 47.3 Å². The van der Waals surface area contributed by atoms with E-state index in [1.54, 1.807) is 17.0 Å². The second-order valence-corrected chi connectivity index (χ2v) is 7.83. The first-order valence-electron chi connectivity index (χ1n) is 7.40. The van der Waals surface area contributed by atoms with Crippen molar-refractivity contribution in [3.63, 3.8) is 0 Å². The zero-order chi connectivity index (χ0) is 16.6. The van der Waals surface area contributed by atoms with Crippen LogP contribution in [0.15, 0.2) is 39.8 Å². The van der Waals surface area contributed by atoms with Crippen LogP contribution in [0, 0.1) is 6.92 Å². The van der Waals surface area contributed by atoms with Gasteiger partial charge in [0.25, 0.3) is 5.91 Å². The Balaban J connectivity index is 1.84. The Morgan fingerprint density at radius 3 is 2.57 bits per heavy atom. The quantitative estimate of drug-likeness (QED) is 0.861. The van der Waals surface area contributed by atoms with Crippen molar-refractivity contribution >= 4 is 15.7 Å². The van der Waals surface area contributed by atoms with Crippen molar-refractivity contribution in [3.8, 4) is 0 Å². The van der Waals surface area contributed by atoms with Crippen molar-refractivity contribution in [2.24, 2.45) is 0 Å². The summed E-state index contributed by atoms with van der Waals surface area (Å²) < 4.78 is 28.1. The van der Waals surface area contributed by atoms with Crippen LogP contribution in [0.4, 0.5) is 0 Å². The van der Waals surface area contributed by atoms with Crippen LogP contribution in [-0.2, 0) is 9.84 Å². The average Bonchev–Trinajstić information content (AvgIpc) is 3.14. The fourth-order valence-electron chi connectivity index (χ4n) is 2.87. The lowest BCUT2D eigenvalue weighted by Gasteiger charge is -2.23. The van der Waals surface area contributed by atoms with Gasteiger partial charge < -0.3 is 9.42 Å². The maximum atomic E-state index is 12.7. The van der Waals surface area contributed by atoms with E-state index in [4.69, 9.17) is 4.52 Å². The minimum absolute atomic E-state index is 0.0884. The summed E-state index contributed by atoms with van der Waals surface area (Å²) in [5.41, 5.74) is 1.24. The van der Waals surface area contributed by atoms with Crippen molar-refractivity contribution in [1.82, 2.24) is 10.1 Å². The molecule has 7 heteroatoms. The van der Waals surface area contributed by atoms with Gasteiger partial charge in [0.2, 0.25) is 0 Å². The summed E-state index contributed by atoms with van der Waals surface area (Å²) in [6.07, 6.45) is 2.90. The molecule has 122 valence electrons. The third-order valence-electron chi connectivity index (χ3n) is 4.03. The first-order valence-corrected chi connectivity index (χ1v) is 9.30. The highest BCUT2D eigenvalue weighted by Crippen LogP contribution is 2.32. The van der Waals surface area contributed by atoms with Crippen molar-refractivity contribution < 1.29 is 17.7 Å². The minimum atomic E-state index is -3.26. The molecule has 1 aromatic heterocycles. The van der Waals surface area contributed by atoms with Gasteiger partial charge in [0.1, 0.15) is 11.5 Å². The fraction of sp³-hybridized carbons (Fsp3) is 0.375. The maximum absolute atomic E-state index is 12.7. The Hall–Kier alpha value is -2.15. The van der Waals surface area contributed by atoms with Gasteiger partial charge in [-0.25, -0.2) is 8.42 Å². The summed E-state index contributed by atoms with van der Waals surface area (Å²) >= 11 is 0. The monoisotopic (exact) mass is 334 g/mol. The minimum Gasteiger partial charge on any atom is -0.361 e. The molecule has 0 spiro atoms. The molecule has 0 bridgehead atoms. The molecule has 6 nitrogen and oxygen atoms in total. The number of hydrogen-bond donors (Lipinski definition) is 0. The van der Waals surface area contributed by atoms with Gasteiger partial charge in [-0.1, -0.05) is 5.16 Å². The molecule has 1 amide bonds. The first kappa shape index (κ1) is 15.7. The number of nitrogens with zero attached hydrogens (tertiary/aromatic N) is 2. The zero-order valence-electron chi connectivity index (χ0n) is 13.0. The molecule has 23 heavy (non-hydrogen) atoms. The fourth-order valence-corrected chi connectivity index (χ4v) is 3.50. The molecule has 1 saturated heterocycles.